The maximum absolute atomic E-state index is 11.9. The number of carbonyl (C=O) groups is 1. The van der Waals surface area contributed by atoms with Gasteiger partial charge in [0.15, 0.2) is 0 Å². The Morgan fingerprint density at radius 3 is 3.00 bits per heavy atom. The number of nitrogens with two attached hydrogens (primary N) is 1. The van der Waals surface area contributed by atoms with Crippen LogP contribution in [-0.2, 0) is 4.79 Å². The zero-order chi connectivity index (χ0) is 11.8. The summed E-state index contributed by atoms with van der Waals surface area (Å²) < 4.78 is 0. The Bertz CT molecular complexity index is 576. The van der Waals surface area contributed by atoms with E-state index >= 15 is 0 Å². The second-order valence-corrected chi connectivity index (χ2v) is 4.34. The molecule has 2 heterocycles. The molecule has 1 fully saturated rings. The summed E-state index contributed by atoms with van der Waals surface area (Å²) in [5.41, 5.74) is 6.73. The van der Waals surface area contributed by atoms with Crippen LogP contribution >= 0.6 is 0 Å². The van der Waals surface area contributed by atoms with E-state index < -0.39 is 0 Å². The monoisotopic (exact) mass is 227 g/mol. The van der Waals surface area contributed by atoms with Crippen molar-refractivity contribution < 1.29 is 4.79 Å². The molecular formula is C13H13N3O. The van der Waals surface area contributed by atoms with Gasteiger partial charge in [-0.25, -0.2) is 0 Å². The number of benzene rings is 1. The van der Waals surface area contributed by atoms with Gasteiger partial charge in [-0.15, -0.1) is 0 Å². The number of anilines is 1. The minimum Gasteiger partial charge on any atom is -0.326 e. The minimum atomic E-state index is -0.0607. The van der Waals surface area contributed by atoms with Crippen molar-refractivity contribution >= 4 is 22.4 Å². The molecule has 2 N–H and O–H groups in total. The predicted octanol–water partition coefficient (Wildman–Crippen LogP) is 1.30. The molecule has 0 spiro atoms. The maximum atomic E-state index is 11.9. The van der Waals surface area contributed by atoms with Crippen LogP contribution in [0.2, 0.25) is 0 Å². The van der Waals surface area contributed by atoms with Crippen molar-refractivity contribution in [1.29, 1.82) is 0 Å². The van der Waals surface area contributed by atoms with E-state index in [-0.39, 0.29) is 11.9 Å². The van der Waals surface area contributed by atoms with Crippen LogP contribution in [0.1, 0.15) is 6.42 Å². The number of nitrogens with zero attached hydrogens (tertiary/aromatic N) is 2. The minimum absolute atomic E-state index is 0.0607. The van der Waals surface area contributed by atoms with E-state index in [0.29, 0.717) is 13.0 Å². The number of hydrogen-bond donors (Lipinski definition) is 1. The van der Waals surface area contributed by atoms with Gasteiger partial charge in [-0.2, -0.15) is 0 Å². The van der Waals surface area contributed by atoms with Gasteiger partial charge in [0.25, 0.3) is 0 Å². The molecule has 1 amide bonds. The molecule has 4 nitrogen and oxygen atoms in total. The van der Waals surface area contributed by atoms with Gasteiger partial charge in [-0.1, -0.05) is 12.1 Å². The summed E-state index contributed by atoms with van der Waals surface area (Å²) in [5, 5.41) is 2.09. The Kier molecular flexibility index (Phi) is 2.30. The summed E-state index contributed by atoms with van der Waals surface area (Å²) in [6.07, 6.45) is 3.97. The number of carbonyl (C=O) groups excluding carboxylic acids is 1. The topological polar surface area (TPSA) is 59.2 Å². The molecule has 0 radical (unpaired) electrons. The number of rotatable bonds is 1. The molecule has 1 aliphatic rings. The highest BCUT2D eigenvalue weighted by Crippen LogP contribution is 2.28. The Balaban J connectivity index is 2.14. The van der Waals surface area contributed by atoms with Gasteiger partial charge in [0, 0.05) is 36.8 Å². The Labute approximate surface area is 99.0 Å². The van der Waals surface area contributed by atoms with Crippen molar-refractivity contribution in [3.8, 4) is 0 Å². The van der Waals surface area contributed by atoms with Crippen LogP contribution in [0.15, 0.2) is 36.7 Å². The summed E-state index contributed by atoms with van der Waals surface area (Å²) in [6, 6.07) is 7.80. The highest BCUT2D eigenvalue weighted by molar-refractivity contribution is 6.04. The van der Waals surface area contributed by atoms with Crippen LogP contribution < -0.4 is 10.6 Å². The fraction of sp³-hybridized carbons (Fsp3) is 0.231. The number of pyridine rings is 1. The summed E-state index contributed by atoms with van der Waals surface area (Å²) >= 11 is 0. The van der Waals surface area contributed by atoms with Gasteiger partial charge in [-0.05, 0) is 17.5 Å². The molecule has 2 aromatic rings. The van der Waals surface area contributed by atoms with Crippen LogP contribution in [0.4, 0.5) is 5.69 Å². The largest absolute Gasteiger partial charge is 0.326 e. The fourth-order valence-corrected chi connectivity index (χ4v) is 2.30. The van der Waals surface area contributed by atoms with Crippen molar-refractivity contribution in [3.63, 3.8) is 0 Å². The molecule has 0 saturated carbocycles. The second-order valence-electron chi connectivity index (χ2n) is 4.34. The lowest BCUT2D eigenvalue weighted by Crippen LogP contribution is -2.28. The average Bonchev–Trinajstić information content (AvgIpc) is 2.68. The van der Waals surface area contributed by atoms with Crippen molar-refractivity contribution in [2.45, 2.75) is 12.5 Å². The lowest BCUT2D eigenvalue weighted by atomic mass is 10.1. The van der Waals surface area contributed by atoms with Crippen molar-refractivity contribution in [1.82, 2.24) is 4.98 Å². The molecule has 4 heteroatoms. The highest BCUT2D eigenvalue weighted by atomic mass is 16.2. The quantitative estimate of drug-likeness (QED) is 0.798. The van der Waals surface area contributed by atoms with E-state index in [0.717, 1.165) is 16.5 Å². The van der Waals surface area contributed by atoms with Gasteiger partial charge in [-0.3, -0.25) is 9.78 Å². The number of amides is 1. The first-order chi connectivity index (χ1) is 8.25. The molecule has 1 unspecified atom stereocenters. The number of hydrogen-bond acceptors (Lipinski definition) is 3. The smallest absolute Gasteiger partial charge is 0.228 e. The van der Waals surface area contributed by atoms with E-state index in [1.165, 1.54) is 0 Å². The zero-order valence-corrected chi connectivity index (χ0v) is 9.34. The molecule has 1 atom stereocenters. The van der Waals surface area contributed by atoms with Gasteiger partial charge in [0.1, 0.15) is 0 Å². The van der Waals surface area contributed by atoms with Crippen LogP contribution in [0, 0.1) is 0 Å². The molecule has 1 aromatic heterocycles. The Morgan fingerprint density at radius 2 is 2.24 bits per heavy atom. The normalized spacial score (nSPS) is 20.2. The molecule has 1 aromatic carbocycles. The van der Waals surface area contributed by atoms with E-state index in [2.05, 4.69) is 4.98 Å². The Morgan fingerprint density at radius 1 is 1.35 bits per heavy atom. The molecule has 17 heavy (non-hydrogen) atoms. The Hall–Kier alpha value is -1.94. The molecular weight excluding hydrogens is 214 g/mol. The SMILES string of the molecule is NC1CC(=O)N(c2cccc3ccncc23)C1. The van der Waals surface area contributed by atoms with E-state index in [1.54, 1.807) is 17.3 Å². The van der Waals surface area contributed by atoms with Gasteiger partial charge in [0.05, 0.1) is 5.69 Å². The van der Waals surface area contributed by atoms with Crippen molar-refractivity contribution in [2.24, 2.45) is 5.73 Å². The van der Waals surface area contributed by atoms with Crippen LogP contribution in [0.25, 0.3) is 10.8 Å². The first-order valence-corrected chi connectivity index (χ1v) is 5.64. The van der Waals surface area contributed by atoms with Crippen LogP contribution in [-0.4, -0.2) is 23.5 Å². The van der Waals surface area contributed by atoms with Gasteiger partial charge >= 0.3 is 0 Å². The molecule has 86 valence electrons. The van der Waals surface area contributed by atoms with Gasteiger partial charge in [0.2, 0.25) is 5.91 Å². The summed E-state index contributed by atoms with van der Waals surface area (Å²) in [6.45, 7) is 0.590. The van der Waals surface area contributed by atoms with Crippen LogP contribution in [0.3, 0.4) is 0 Å². The molecule has 1 aliphatic heterocycles. The third kappa shape index (κ3) is 1.66. The van der Waals surface area contributed by atoms with Gasteiger partial charge < -0.3 is 10.6 Å². The van der Waals surface area contributed by atoms with E-state index in [9.17, 15) is 4.79 Å². The summed E-state index contributed by atoms with van der Waals surface area (Å²) in [5.74, 6) is 0.0915. The molecule has 0 bridgehead atoms. The first-order valence-electron chi connectivity index (χ1n) is 5.64. The lowest BCUT2D eigenvalue weighted by molar-refractivity contribution is -0.117. The number of fused-ring (bicyclic) bond motifs is 1. The zero-order valence-electron chi connectivity index (χ0n) is 9.34. The average molecular weight is 227 g/mol. The summed E-state index contributed by atoms with van der Waals surface area (Å²) in [4.78, 5) is 17.7. The predicted molar refractivity (Wildman–Crippen MR) is 66.7 cm³/mol. The van der Waals surface area contributed by atoms with Crippen molar-refractivity contribution in [2.75, 3.05) is 11.4 Å². The summed E-state index contributed by atoms with van der Waals surface area (Å²) in [7, 11) is 0. The standard InChI is InChI=1S/C13H13N3O/c14-10-6-13(17)16(8-10)12-3-1-2-9-4-5-15-7-11(9)12/h1-5,7,10H,6,8,14H2. The third-order valence-corrected chi connectivity index (χ3v) is 3.11. The first kappa shape index (κ1) is 10.2. The third-order valence-electron chi connectivity index (χ3n) is 3.11. The lowest BCUT2D eigenvalue weighted by Gasteiger charge is -2.18. The maximum Gasteiger partial charge on any atom is 0.228 e. The van der Waals surface area contributed by atoms with Crippen molar-refractivity contribution in [3.05, 3.63) is 36.7 Å². The highest BCUT2D eigenvalue weighted by Gasteiger charge is 2.28. The van der Waals surface area contributed by atoms with Crippen LogP contribution in [0.5, 0.6) is 0 Å². The van der Waals surface area contributed by atoms with E-state index in [1.807, 2.05) is 24.3 Å². The van der Waals surface area contributed by atoms with E-state index in [4.69, 9.17) is 5.73 Å². The second kappa shape index (κ2) is 3.82. The molecule has 0 aliphatic carbocycles. The fourth-order valence-electron chi connectivity index (χ4n) is 2.30. The molecule has 3 rings (SSSR count). The molecule has 1 saturated heterocycles. The number of aromatic nitrogens is 1.